The fourth-order valence-electron chi connectivity index (χ4n) is 2.04. The molecule has 0 saturated carbocycles. The number of carbonyl (C=O) groups excluding carboxylic acids is 1. The molecule has 4 nitrogen and oxygen atoms in total. The summed E-state index contributed by atoms with van der Waals surface area (Å²) in [6.07, 6.45) is 2.33. The molecule has 2 aromatic rings. The molecule has 1 heterocycles. The molecule has 0 saturated heterocycles. The van der Waals surface area contributed by atoms with Crippen LogP contribution in [0.3, 0.4) is 0 Å². The van der Waals surface area contributed by atoms with Crippen molar-refractivity contribution >= 4 is 11.6 Å². The molecular formula is C16H20N2O2. The molecule has 0 fully saturated rings. The minimum Gasteiger partial charge on any atom is -0.469 e. The van der Waals surface area contributed by atoms with E-state index in [0.717, 1.165) is 23.6 Å². The minimum absolute atomic E-state index is 0.0625. The van der Waals surface area contributed by atoms with Crippen LogP contribution in [0.15, 0.2) is 41.0 Å². The van der Waals surface area contributed by atoms with E-state index in [1.54, 1.807) is 6.26 Å². The lowest BCUT2D eigenvalue weighted by molar-refractivity contribution is 0.0954. The number of hydrogen-bond donors (Lipinski definition) is 2. The molecule has 106 valence electrons. The molecule has 0 atom stereocenters. The highest BCUT2D eigenvalue weighted by Crippen LogP contribution is 2.17. The molecule has 2 N–H and O–H groups in total. The third kappa shape index (κ3) is 3.63. The molecule has 0 aliphatic heterocycles. The Labute approximate surface area is 119 Å². The number of furan rings is 1. The van der Waals surface area contributed by atoms with Crippen LogP contribution in [0.5, 0.6) is 0 Å². The van der Waals surface area contributed by atoms with Crippen LogP contribution in [0.2, 0.25) is 0 Å². The fourth-order valence-corrected chi connectivity index (χ4v) is 2.04. The number of hydrogen-bond acceptors (Lipinski definition) is 3. The lowest BCUT2D eigenvalue weighted by atomic mass is 10.1. The van der Waals surface area contributed by atoms with Gasteiger partial charge in [-0.1, -0.05) is 6.07 Å². The van der Waals surface area contributed by atoms with E-state index in [9.17, 15) is 4.79 Å². The fraction of sp³-hybridized carbons (Fsp3) is 0.312. The Kier molecular flexibility index (Phi) is 4.82. The van der Waals surface area contributed by atoms with Gasteiger partial charge in [0.2, 0.25) is 0 Å². The number of anilines is 1. The van der Waals surface area contributed by atoms with Crippen LogP contribution >= 0.6 is 0 Å². The maximum Gasteiger partial charge on any atom is 0.253 e. The summed E-state index contributed by atoms with van der Waals surface area (Å²) < 4.78 is 5.24. The highest BCUT2D eigenvalue weighted by atomic mass is 16.3. The predicted octanol–water partition coefficient (Wildman–Crippen LogP) is 2.99. The average molecular weight is 272 g/mol. The first-order valence-corrected chi connectivity index (χ1v) is 6.86. The normalized spacial score (nSPS) is 10.3. The van der Waals surface area contributed by atoms with Gasteiger partial charge < -0.3 is 15.1 Å². The van der Waals surface area contributed by atoms with Crippen LogP contribution in [-0.2, 0) is 6.42 Å². The van der Waals surface area contributed by atoms with Crippen LogP contribution in [0.1, 0.15) is 28.6 Å². The van der Waals surface area contributed by atoms with Gasteiger partial charge in [0.1, 0.15) is 5.76 Å². The summed E-state index contributed by atoms with van der Waals surface area (Å²) in [7, 11) is 0. The van der Waals surface area contributed by atoms with Gasteiger partial charge in [0.05, 0.1) is 11.8 Å². The van der Waals surface area contributed by atoms with Crippen LogP contribution in [-0.4, -0.2) is 19.0 Å². The van der Waals surface area contributed by atoms with E-state index in [-0.39, 0.29) is 5.91 Å². The smallest absolute Gasteiger partial charge is 0.253 e. The zero-order valence-corrected chi connectivity index (χ0v) is 11.9. The van der Waals surface area contributed by atoms with Gasteiger partial charge in [-0.25, -0.2) is 0 Å². The lowest BCUT2D eigenvalue weighted by Gasteiger charge is -2.11. The molecule has 2 rings (SSSR count). The Hall–Kier alpha value is -2.23. The van der Waals surface area contributed by atoms with Crippen molar-refractivity contribution in [1.29, 1.82) is 0 Å². The number of carbonyl (C=O) groups is 1. The first kappa shape index (κ1) is 14.2. The van der Waals surface area contributed by atoms with Crippen molar-refractivity contribution in [1.82, 2.24) is 5.32 Å². The van der Waals surface area contributed by atoms with Crippen LogP contribution in [0.4, 0.5) is 5.69 Å². The number of amides is 1. The first-order valence-electron chi connectivity index (χ1n) is 6.86. The molecule has 4 heteroatoms. The quantitative estimate of drug-likeness (QED) is 0.850. The van der Waals surface area contributed by atoms with Gasteiger partial charge in [0, 0.05) is 25.2 Å². The number of aryl methyl sites for hydroxylation is 1. The van der Waals surface area contributed by atoms with E-state index in [2.05, 4.69) is 10.6 Å². The van der Waals surface area contributed by atoms with Gasteiger partial charge in [-0.2, -0.15) is 0 Å². The second kappa shape index (κ2) is 6.80. The summed E-state index contributed by atoms with van der Waals surface area (Å²) in [5.74, 6) is 0.814. The summed E-state index contributed by atoms with van der Waals surface area (Å²) >= 11 is 0. The monoisotopic (exact) mass is 272 g/mol. The SMILES string of the molecule is CCNc1cc(C)ccc1C(=O)NCCc1ccco1. The highest BCUT2D eigenvalue weighted by molar-refractivity contribution is 5.99. The lowest BCUT2D eigenvalue weighted by Crippen LogP contribution is -2.26. The molecule has 20 heavy (non-hydrogen) atoms. The minimum atomic E-state index is -0.0625. The zero-order valence-electron chi connectivity index (χ0n) is 11.9. The summed E-state index contributed by atoms with van der Waals surface area (Å²) in [6, 6.07) is 9.55. The Morgan fingerprint density at radius 3 is 2.85 bits per heavy atom. The number of benzene rings is 1. The molecule has 1 aromatic carbocycles. The van der Waals surface area contributed by atoms with Gasteiger partial charge in [0.25, 0.3) is 5.91 Å². The van der Waals surface area contributed by atoms with Gasteiger partial charge in [0.15, 0.2) is 0 Å². The standard InChI is InChI=1S/C16H20N2O2/c1-3-17-15-11-12(2)6-7-14(15)16(19)18-9-8-13-5-4-10-20-13/h4-7,10-11,17H,3,8-9H2,1-2H3,(H,18,19). The maximum absolute atomic E-state index is 12.2. The molecule has 0 unspecified atom stereocenters. The largest absolute Gasteiger partial charge is 0.469 e. The molecule has 0 radical (unpaired) electrons. The van der Waals surface area contributed by atoms with E-state index in [4.69, 9.17) is 4.42 Å². The van der Waals surface area contributed by atoms with Gasteiger partial charge in [-0.3, -0.25) is 4.79 Å². The van der Waals surface area contributed by atoms with Gasteiger partial charge >= 0.3 is 0 Å². The van der Waals surface area contributed by atoms with Crippen molar-refractivity contribution in [2.75, 3.05) is 18.4 Å². The zero-order chi connectivity index (χ0) is 14.4. The number of nitrogens with one attached hydrogen (secondary N) is 2. The summed E-state index contributed by atoms with van der Waals surface area (Å²) in [4.78, 5) is 12.2. The third-order valence-corrected chi connectivity index (χ3v) is 3.02. The Morgan fingerprint density at radius 1 is 1.30 bits per heavy atom. The third-order valence-electron chi connectivity index (χ3n) is 3.02. The average Bonchev–Trinajstić information content (AvgIpc) is 2.92. The number of rotatable bonds is 6. The Balaban J connectivity index is 1.97. The Morgan fingerprint density at radius 2 is 2.15 bits per heavy atom. The van der Waals surface area contributed by atoms with E-state index < -0.39 is 0 Å². The Bertz CT molecular complexity index is 562. The molecule has 1 amide bonds. The van der Waals surface area contributed by atoms with Crippen molar-refractivity contribution in [3.8, 4) is 0 Å². The highest BCUT2D eigenvalue weighted by Gasteiger charge is 2.10. The van der Waals surface area contributed by atoms with E-state index >= 15 is 0 Å². The molecule has 1 aromatic heterocycles. The van der Waals surface area contributed by atoms with Gasteiger partial charge in [-0.15, -0.1) is 0 Å². The molecule has 0 spiro atoms. The van der Waals surface area contributed by atoms with Crippen molar-refractivity contribution in [3.05, 3.63) is 53.5 Å². The predicted molar refractivity (Wildman–Crippen MR) is 80.1 cm³/mol. The van der Waals surface area contributed by atoms with Crippen LogP contribution < -0.4 is 10.6 Å². The van der Waals surface area contributed by atoms with Crippen molar-refractivity contribution in [2.24, 2.45) is 0 Å². The second-order valence-electron chi connectivity index (χ2n) is 4.66. The second-order valence-corrected chi connectivity index (χ2v) is 4.66. The topological polar surface area (TPSA) is 54.3 Å². The molecular weight excluding hydrogens is 252 g/mol. The molecule has 0 bridgehead atoms. The first-order chi connectivity index (χ1) is 9.70. The van der Waals surface area contributed by atoms with Crippen LogP contribution in [0, 0.1) is 6.92 Å². The van der Waals surface area contributed by atoms with Crippen molar-refractivity contribution in [2.45, 2.75) is 20.3 Å². The van der Waals surface area contributed by atoms with E-state index in [1.165, 1.54) is 0 Å². The molecule has 0 aliphatic carbocycles. The van der Waals surface area contributed by atoms with E-state index in [0.29, 0.717) is 18.5 Å². The van der Waals surface area contributed by atoms with Crippen molar-refractivity contribution < 1.29 is 9.21 Å². The summed E-state index contributed by atoms with van der Waals surface area (Å²) in [5.41, 5.74) is 2.69. The van der Waals surface area contributed by atoms with E-state index in [1.807, 2.05) is 44.2 Å². The maximum atomic E-state index is 12.2. The van der Waals surface area contributed by atoms with Crippen LogP contribution in [0.25, 0.3) is 0 Å². The van der Waals surface area contributed by atoms with Crippen molar-refractivity contribution in [3.63, 3.8) is 0 Å². The summed E-state index contributed by atoms with van der Waals surface area (Å²) in [5, 5.41) is 6.14. The summed E-state index contributed by atoms with van der Waals surface area (Å²) in [6.45, 7) is 5.38. The molecule has 0 aliphatic rings. The van der Waals surface area contributed by atoms with Gasteiger partial charge in [-0.05, 0) is 43.7 Å².